The van der Waals surface area contributed by atoms with E-state index in [1.165, 1.54) is 28.0 Å². The van der Waals surface area contributed by atoms with E-state index in [1.54, 1.807) is 45.2 Å². The predicted molar refractivity (Wildman–Crippen MR) is 144 cm³/mol. The van der Waals surface area contributed by atoms with Gasteiger partial charge in [-0.3, -0.25) is 9.36 Å². The highest BCUT2D eigenvalue weighted by Gasteiger charge is 2.33. The molecule has 0 saturated heterocycles. The van der Waals surface area contributed by atoms with Crippen molar-refractivity contribution in [2.45, 2.75) is 26.8 Å². The molecule has 4 rings (SSSR count). The van der Waals surface area contributed by atoms with Gasteiger partial charge in [-0.25, -0.2) is 14.2 Å². The summed E-state index contributed by atoms with van der Waals surface area (Å²) in [7, 11) is 1.56. The van der Waals surface area contributed by atoms with Crippen LogP contribution in [0, 0.1) is 9.39 Å². The molecule has 0 amide bonds. The fraction of sp³-hybridized carbons (Fsp3) is 0.269. The third-order valence-electron chi connectivity index (χ3n) is 5.54. The molecule has 0 saturated carbocycles. The summed E-state index contributed by atoms with van der Waals surface area (Å²) < 4.78 is 32.9. The highest BCUT2D eigenvalue weighted by atomic mass is 127. The van der Waals surface area contributed by atoms with E-state index >= 15 is 0 Å². The quantitative estimate of drug-likeness (QED) is 0.295. The lowest BCUT2D eigenvalue weighted by molar-refractivity contribution is -0.139. The van der Waals surface area contributed by atoms with Crippen LogP contribution in [0.3, 0.4) is 0 Å². The number of rotatable bonds is 7. The van der Waals surface area contributed by atoms with Gasteiger partial charge >= 0.3 is 5.97 Å². The summed E-state index contributed by atoms with van der Waals surface area (Å²) in [6.45, 7) is 5.99. The topological polar surface area (TPSA) is 79.1 Å². The van der Waals surface area contributed by atoms with E-state index < -0.39 is 17.8 Å². The Bertz CT molecular complexity index is 1530. The molecule has 10 heteroatoms. The Labute approximate surface area is 224 Å². The Morgan fingerprint density at radius 2 is 1.94 bits per heavy atom. The van der Waals surface area contributed by atoms with Crippen molar-refractivity contribution < 1.29 is 23.4 Å². The van der Waals surface area contributed by atoms with Crippen molar-refractivity contribution in [3.05, 3.63) is 87.9 Å². The summed E-state index contributed by atoms with van der Waals surface area (Å²) in [5, 5.41) is 0. The minimum atomic E-state index is -0.793. The van der Waals surface area contributed by atoms with Gasteiger partial charge in [-0.2, -0.15) is 0 Å². The molecular formula is C26H24FIN2O5S. The fourth-order valence-electron chi connectivity index (χ4n) is 4.01. The van der Waals surface area contributed by atoms with Crippen molar-refractivity contribution >= 4 is 46.0 Å². The van der Waals surface area contributed by atoms with Crippen LogP contribution in [0.2, 0.25) is 0 Å². The number of aromatic nitrogens is 1. The Morgan fingerprint density at radius 1 is 1.22 bits per heavy atom. The standard InChI is InChI=1S/C26H24FIN2O5S/c1-5-34-23-18(28)11-15(12-19(23)33-4)13-20-24(31)30-22(16-7-9-17(27)10-8-16)21(25(32)35-6-2)14(3)29-26(30)36-20/h7-13,22H,5-6H2,1-4H3/b20-13-/t22-/m1/s1. The normalized spacial score (nSPS) is 15.4. The third kappa shape index (κ3) is 4.96. The first kappa shape index (κ1) is 26.1. The summed E-state index contributed by atoms with van der Waals surface area (Å²) in [4.78, 5) is 31.6. The SMILES string of the molecule is CCOC(=O)C1=C(C)N=c2s/c(=C\c3cc(I)c(OCC)c(OC)c3)c(=O)n2[C@@H]1c1ccc(F)cc1. The third-order valence-corrected chi connectivity index (χ3v) is 7.33. The molecule has 0 aliphatic carbocycles. The van der Waals surface area contributed by atoms with E-state index in [0.29, 0.717) is 38.7 Å². The zero-order valence-corrected chi connectivity index (χ0v) is 23.1. The molecule has 1 aliphatic heterocycles. The summed E-state index contributed by atoms with van der Waals surface area (Å²) in [5.74, 6) is 0.231. The van der Waals surface area contributed by atoms with Gasteiger partial charge in [-0.05, 0) is 84.8 Å². The lowest BCUT2D eigenvalue weighted by atomic mass is 9.96. The first-order valence-electron chi connectivity index (χ1n) is 11.2. The lowest BCUT2D eigenvalue weighted by Crippen LogP contribution is -2.39. The maximum atomic E-state index is 13.7. The van der Waals surface area contributed by atoms with Crippen LogP contribution in [-0.4, -0.2) is 30.9 Å². The molecule has 2 aromatic carbocycles. The van der Waals surface area contributed by atoms with Crippen LogP contribution in [0.4, 0.5) is 4.39 Å². The minimum Gasteiger partial charge on any atom is -0.493 e. The Kier molecular flexibility index (Phi) is 7.94. The fourth-order valence-corrected chi connectivity index (χ4v) is 5.84. The summed E-state index contributed by atoms with van der Waals surface area (Å²) in [5.41, 5.74) is 1.72. The maximum absolute atomic E-state index is 13.7. The largest absolute Gasteiger partial charge is 0.493 e. The molecule has 0 N–H and O–H groups in total. The number of nitrogens with zero attached hydrogens (tertiary/aromatic N) is 2. The van der Waals surface area contributed by atoms with Gasteiger partial charge in [0.1, 0.15) is 5.82 Å². The average molecular weight is 622 g/mol. The number of benzene rings is 2. The zero-order valence-electron chi connectivity index (χ0n) is 20.1. The summed E-state index contributed by atoms with van der Waals surface area (Å²) in [6.07, 6.45) is 1.76. The van der Waals surface area contributed by atoms with Crippen LogP contribution in [0.15, 0.2) is 57.5 Å². The van der Waals surface area contributed by atoms with Gasteiger partial charge < -0.3 is 14.2 Å². The van der Waals surface area contributed by atoms with E-state index in [0.717, 1.165) is 9.13 Å². The van der Waals surface area contributed by atoms with Crippen LogP contribution >= 0.6 is 33.9 Å². The number of allylic oxidation sites excluding steroid dienone is 1. The monoisotopic (exact) mass is 622 g/mol. The van der Waals surface area contributed by atoms with Crippen LogP contribution in [0.5, 0.6) is 11.5 Å². The van der Waals surface area contributed by atoms with Crippen LogP contribution in [0.25, 0.3) is 6.08 Å². The number of carbonyl (C=O) groups excluding carboxylic acids is 1. The van der Waals surface area contributed by atoms with Gasteiger partial charge in [0.25, 0.3) is 5.56 Å². The molecule has 188 valence electrons. The van der Waals surface area contributed by atoms with E-state index in [2.05, 4.69) is 27.6 Å². The van der Waals surface area contributed by atoms with Gasteiger partial charge in [0, 0.05) is 0 Å². The number of hydrogen-bond donors (Lipinski definition) is 0. The highest BCUT2D eigenvalue weighted by molar-refractivity contribution is 14.1. The number of ether oxygens (including phenoxy) is 3. The van der Waals surface area contributed by atoms with Gasteiger partial charge in [0.2, 0.25) is 0 Å². The second-order valence-corrected chi connectivity index (χ2v) is 9.99. The number of carbonyl (C=O) groups is 1. The number of halogens is 2. The maximum Gasteiger partial charge on any atom is 0.338 e. The van der Waals surface area contributed by atoms with Crippen molar-refractivity contribution in [3.63, 3.8) is 0 Å². The molecule has 36 heavy (non-hydrogen) atoms. The number of hydrogen-bond acceptors (Lipinski definition) is 7. The summed E-state index contributed by atoms with van der Waals surface area (Å²) in [6, 6.07) is 8.65. The van der Waals surface area contributed by atoms with Crippen molar-refractivity contribution in [2.75, 3.05) is 20.3 Å². The zero-order chi connectivity index (χ0) is 26.0. The second kappa shape index (κ2) is 11.0. The van der Waals surface area contributed by atoms with Gasteiger partial charge in [-0.1, -0.05) is 23.5 Å². The van der Waals surface area contributed by atoms with E-state index in [-0.39, 0.29) is 17.7 Å². The van der Waals surface area contributed by atoms with Crippen molar-refractivity contribution in [1.82, 2.24) is 4.57 Å². The van der Waals surface area contributed by atoms with E-state index in [4.69, 9.17) is 14.2 Å². The number of thiazole rings is 1. The molecule has 0 unspecified atom stereocenters. The van der Waals surface area contributed by atoms with Gasteiger partial charge in [-0.15, -0.1) is 0 Å². The molecular weight excluding hydrogens is 598 g/mol. The molecule has 1 aromatic heterocycles. The minimum absolute atomic E-state index is 0.175. The number of esters is 1. The van der Waals surface area contributed by atoms with Crippen LogP contribution in [0.1, 0.15) is 37.9 Å². The Balaban J connectivity index is 1.92. The van der Waals surface area contributed by atoms with E-state index in [1.807, 2.05) is 13.0 Å². The Hall–Kier alpha value is -2.99. The number of methoxy groups -OCH3 is 1. The molecule has 7 nitrogen and oxygen atoms in total. The summed E-state index contributed by atoms with van der Waals surface area (Å²) >= 11 is 3.38. The van der Waals surface area contributed by atoms with Gasteiger partial charge in [0.05, 0.1) is 45.7 Å². The molecule has 3 aromatic rings. The average Bonchev–Trinajstić information content (AvgIpc) is 3.14. The van der Waals surface area contributed by atoms with E-state index in [9.17, 15) is 14.0 Å². The van der Waals surface area contributed by atoms with Gasteiger partial charge in [0.15, 0.2) is 16.3 Å². The molecule has 0 spiro atoms. The van der Waals surface area contributed by atoms with Crippen molar-refractivity contribution in [2.24, 2.45) is 4.99 Å². The molecule has 2 heterocycles. The number of fused-ring (bicyclic) bond motifs is 1. The molecule has 1 atom stereocenters. The van der Waals surface area contributed by atoms with Crippen LogP contribution < -0.4 is 24.4 Å². The van der Waals surface area contributed by atoms with Crippen molar-refractivity contribution in [1.29, 1.82) is 0 Å². The molecule has 0 bridgehead atoms. The molecule has 0 radical (unpaired) electrons. The second-order valence-electron chi connectivity index (χ2n) is 7.82. The molecule has 1 aliphatic rings. The first-order chi connectivity index (χ1) is 17.3. The van der Waals surface area contributed by atoms with Crippen molar-refractivity contribution in [3.8, 4) is 11.5 Å². The first-order valence-corrected chi connectivity index (χ1v) is 13.1. The predicted octanol–water partition coefficient (Wildman–Crippen LogP) is 3.95. The highest BCUT2D eigenvalue weighted by Crippen LogP contribution is 2.34. The van der Waals surface area contributed by atoms with Crippen LogP contribution in [-0.2, 0) is 9.53 Å². The molecule has 0 fully saturated rings. The lowest BCUT2D eigenvalue weighted by Gasteiger charge is -2.24. The smallest absolute Gasteiger partial charge is 0.338 e. The Morgan fingerprint density at radius 3 is 2.58 bits per heavy atom.